The Bertz CT molecular complexity index is 1880. The summed E-state index contributed by atoms with van der Waals surface area (Å²) in [4.78, 5) is 20.4. The summed E-state index contributed by atoms with van der Waals surface area (Å²) < 4.78 is 55.3. The van der Waals surface area contributed by atoms with E-state index in [0.29, 0.717) is 11.4 Å². The highest BCUT2D eigenvalue weighted by Crippen LogP contribution is 2.41. The van der Waals surface area contributed by atoms with E-state index in [1.807, 2.05) is 0 Å². The molecule has 0 amide bonds. The molecule has 2 aromatic heterocycles. The normalized spacial score (nSPS) is 10.7. The van der Waals surface area contributed by atoms with E-state index in [0.717, 1.165) is 0 Å². The Morgan fingerprint density at radius 1 is 0.955 bits per heavy atom. The van der Waals surface area contributed by atoms with Crippen LogP contribution in [-0.2, 0) is 11.8 Å². The van der Waals surface area contributed by atoms with E-state index >= 15 is 8.78 Å². The highest BCUT2D eigenvalue weighted by atomic mass is 19.1. The third-order valence-corrected chi connectivity index (χ3v) is 6.15. The summed E-state index contributed by atoms with van der Waals surface area (Å²) >= 11 is 0. The predicted molar refractivity (Wildman–Crippen MR) is 155 cm³/mol. The predicted octanol–water partition coefficient (Wildman–Crippen LogP) is 6.30. The van der Waals surface area contributed by atoms with E-state index in [-0.39, 0.29) is 40.8 Å². The Kier molecular flexibility index (Phi) is 8.37. The van der Waals surface area contributed by atoms with Crippen LogP contribution in [0.5, 0.6) is 40.5 Å². The summed E-state index contributed by atoms with van der Waals surface area (Å²) in [6, 6.07) is 15.8. The standard InChI is InChI=1S/C31H25F2N5O6/c1-3-41-31(40)19-7-5-8-20(15-19)42-26-24(32)29(43-21-9-4-6-18(14-21)28-36-12-13-38(28)2)37-30(25(26)33)44-23-16-17(27(34)35)10-11-22(23)39/h4-16,39H,3H2,1-2H3,(H3,34,35). The van der Waals surface area contributed by atoms with Gasteiger partial charge in [-0.1, -0.05) is 18.2 Å². The Balaban J connectivity index is 1.58. The van der Waals surface area contributed by atoms with Gasteiger partial charge in [0, 0.05) is 30.6 Å². The van der Waals surface area contributed by atoms with Crippen LogP contribution in [-0.4, -0.2) is 38.1 Å². The second-order valence-corrected chi connectivity index (χ2v) is 9.22. The number of nitrogens with one attached hydrogen (secondary N) is 1. The van der Waals surface area contributed by atoms with Crippen molar-refractivity contribution in [3.05, 3.63) is 102 Å². The second kappa shape index (κ2) is 12.5. The van der Waals surface area contributed by atoms with Crippen LogP contribution in [0.15, 0.2) is 79.1 Å². The lowest BCUT2D eigenvalue weighted by atomic mass is 10.2. The molecule has 0 fully saturated rings. The monoisotopic (exact) mass is 601 g/mol. The van der Waals surface area contributed by atoms with E-state index in [4.69, 9.17) is 30.1 Å². The smallest absolute Gasteiger partial charge is 0.338 e. The molecule has 0 aliphatic rings. The van der Waals surface area contributed by atoms with Crippen LogP contribution >= 0.6 is 0 Å². The Morgan fingerprint density at radius 3 is 2.34 bits per heavy atom. The van der Waals surface area contributed by atoms with Crippen LogP contribution in [0.1, 0.15) is 22.8 Å². The molecule has 11 nitrogen and oxygen atoms in total. The number of esters is 1. The number of benzene rings is 3. The molecule has 0 saturated carbocycles. The largest absolute Gasteiger partial charge is 0.504 e. The van der Waals surface area contributed by atoms with Crippen molar-refractivity contribution in [3.63, 3.8) is 0 Å². The molecule has 2 heterocycles. The van der Waals surface area contributed by atoms with Gasteiger partial charge >= 0.3 is 5.97 Å². The second-order valence-electron chi connectivity index (χ2n) is 9.22. The topological polar surface area (TPSA) is 155 Å². The van der Waals surface area contributed by atoms with E-state index < -0.39 is 40.9 Å². The first-order valence-corrected chi connectivity index (χ1v) is 13.1. The Morgan fingerprint density at radius 2 is 1.66 bits per heavy atom. The fourth-order valence-electron chi connectivity index (χ4n) is 4.05. The van der Waals surface area contributed by atoms with Crippen LogP contribution < -0.4 is 19.9 Å². The van der Waals surface area contributed by atoms with Crippen molar-refractivity contribution >= 4 is 11.8 Å². The summed E-state index contributed by atoms with van der Waals surface area (Å²) in [7, 11) is 1.80. The maximum absolute atomic E-state index is 15.9. The quantitative estimate of drug-likeness (QED) is 0.0950. The highest BCUT2D eigenvalue weighted by Gasteiger charge is 2.27. The van der Waals surface area contributed by atoms with Gasteiger partial charge in [-0.05, 0) is 55.5 Å². The molecule has 224 valence electrons. The molecule has 0 atom stereocenters. The van der Waals surface area contributed by atoms with Gasteiger partial charge in [0.05, 0.1) is 12.2 Å². The maximum atomic E-state index is 15.9. The number of imidazole rings is 1. The molecule has 3 aromatic carbocycles. The minimum absolute atomic E-state index is 0.0873. The molecule has 44 heavy (non-hydrogen) atoms. The van der Waals surface area contributed by atoms with Crippen LogP contribution in [0.4, 0.5) is 8.78 Å². The van der Waals surface area contributed by atoms with Crippen molar-refractivity contribution < 1.29 is 37.6 Å². The fourth-order valence-corrected chi connectivity index (χ4v) is 4.05. The molecule has 0 unspecified atom stereocenters. The Labute approximate surface area is 249 Å². The lowest BCUT2D eigenvalue weighted by Gasteiger charge is -2.16. The summed E-state index contributed by atoms with van der Waals surface area (Å²) in [5.74, 6) is -6.34. The highest BCUT2D eigenvalue weighted by molar-refractivity contribution is 5.95. The number of phenols is 1. The number of carbonyl (C=O) groups excluding carboxylic acids is 1. The average Bonchev–Trinajstić information content (AvgIpc) is 3.44. The molecule has 5 aromatic rings. The Hall–Kier alpha value is -5.98. The van der Waals surface area contributed by atoms with Crippen LogP contribution in [0, 0.1) is 17.0 Å². The number of nitrogen functional groups attached to an aromatic ring is 1. The van der Waals surface area contributed by atoms with Crippen molar-refractivity contribution in [2.24, 2.45) is 12.8 Å². The summed E-state index contributed by atoms with van der Waals surface area (Å²) in [6.45, 7) is 1.76. The molecular weight excluding hydrogens is 576 g/mol. The van der Waals surface area contributed by atoms with Gasteiger partial charge in [0.2, 0.25) is 17.4 Å². The number of halogens is 2. The van der Waals surface area contributed by atoms with Crippen molar-refractivity contribution in [2.45, 2.75) is 6.92 Å². The zero-order chi connectivity index (χ0) is 31.4. The molecule has 4 N–H and O–H groups in total. The summed E-state index contributed by atoms with van der Waals surface area (Å²) in [6.07, 6.45) is 3.37. The molecule has 13 heteroatoms. The minimum Gasteiger partial charge on any atom is -0.504 e. The van der Waals surface area contributed by atoms with E-state index in [1.165, 1.54) is 48.5 Å². The number of rotatable bonds is 10. The van der Waals surface area contributed by atoms with Crippen LogP contribution in [0.3, 0.4) is 0 Å². The number of hydrogen-bond donors (Lipinski definition) is 3. The number of nitrogens with zero attached hydrogens (tertiary/aromatic N) is 3. The molecule has 5 rings (SSSR count). The number of ether oxygens (including phenoxy) is 4. The van der Waals surface area contributed by atoms with Crippen molar-refractivity contribution in [1.29, 1.82) is 5.41 Å². The van der Waals surface area contributed by atoms with Crippen LogP contribution in [0.2, 0.25) is 0 Å². The number of aryl methyl sites for hydroxylation is 1. The van der Waals surface area contributed by atoms with Gasteiger partial charge < -0.3 is 34.4 Å². The number of amidine groups is 1. The van der Waals surface area contributed by atoms with Crippen molar-refractivity contribution in [1.82, 2.24) is 14.5 Å². The fraction of sp³-hybridized carbons (Fsp3) is 0.0968. The third-order valence-electron chi connectivity index (χ3n) is 6.15. The number of hydrogen-bond acceptors (Lipinski definition) is 9. The molecule has 0 aliphatic carbocycles. The van der Waals surface area contributed by atoms with Gasteiger partial charge in [-0.2, -0.15) is 13.8 Å². The third kappa shape index (κ3) is 6.26. The van der Waals surface area contributed by atoms with Crippen molar-refractivity contribution in [3.8, 4) is 51.9 Å². The van der Waals surface area contributed by atoms with E-state index in [2.05, 4.69) is 9.97 Å². The van der Waals surface area contributed by atoms with Crippen LogP contribution in [0.25, 0.3) is 11.4 Å². The van der Waals surface area contributed by atoms with Crippen molar-refractivity contribution in [2.75, 3.05) is 6.61 Å². The summed E-state index contributed by atoms with van der Waals surface area (Å²) in [5, 5.41) is 18.0. The lowest BCUT2D eigenvalue weighted by Crippen LogP contribution is -2.11. The molecule has 0 aliphatic heterocycles. The molecule has 0 radical (unpaired) electrons. The van der Waals surface area contributed by atoms with Gasteiger partial charge in [0.15, 0.2) is 11.5 Å². The summed E-state index contributed by atoms with van der Waals surface area (Å²) in [5.41, 5.74) is 6.43. The van der Waals surface area contributed by atoms with Gasteiger partial charge in [-0.3, -0.25) is 5.41 Å². The van der Waals surface area contributed by atoms with Gasteiger partial charge in [-0.25, -0.2) is 9.78 Å². The first kappa shape index (κ1) is 29.5. The SMILES string of the molecule is CCOC(=O)c1cccc(Oc2c(F)c(Oc3cccc(-c4nccn4C)c3)nc(Oc3cc(C(=N)N)ccc3O)c2F)c1. The lowest BCUT2D eigenvalue weighted by molar-refractivity contribution is 0.0526. The number of aromatic hydroxyl groups is 1. The maximum Gasteiger partial charge on any atom is 0.338 e. The average molecular weight is 602 g/mol. The first-order chi connectivity index (χ1) is 21.1. The van der Waals surface area contributed by atoms with Gasteiger partial charge in [-0.15, -0.1) is 0 Å². The zero-order valence-electron chi connectivity index (χ0n) is 23.4. The molecule has 0 saturated heterocycles. The molecular formula is C31H25F2N5O6. The van der Waals surface area contributed by atoms with E-state index in [9.17, 15) is 9.90 Å². The molecule has 0 bridgehead atoms. The minimum atomic E-state index is -1.38. The first-order valence-electron chi connectivity index (χ1n) is 13.1. The zero-order valence-corrected chi connectivity index (χ0v) is 23.4. The number of phenolic OH excluding ortho intramolecular Hbond substituents is 1. The number of pyridine rings is 1. The number of carbonyl (C=O) groups is 1. The number of nitrogens with two attached hydrogens (primary N) is 1. The van der Waals surface area contributed by atoms with Gasteiger partial charge in [0.25, 0.3) is 11.8 Å². The van der Waals surface area contributed by atoms with Gasteiger partial charge in [0.1, 0.15) is 23.2 Å². The number of aromatic nitrogens is 3. The van der Waals surface area contributed by atoms with E-state index in [1.54, 1.807) is 49.1 Å². The molecule has 0 spiro atoms.